The fourth-order valence-electron chi connectivity index (χ4n) is 2.92. The fourth-order valence-corrected chi connectivity index (χ4v) is 4.87. The van der Waals surface area contributed by atoms with Gasteiger partial charge in [0.2, 0.25) is 10.0 Å². The van der Waals surface area contributed by atoms with Gasteiger partial charge in [0.15, 0.2) is 0 Å². The van der Waals surface area contributed by atoms with Gasteiger partial charge in [-0.15, -0.1) is 0 Å². The Morgan fingerprint density at radius 1 is 1.04 bits per heavy atom. The van der Waals surface area contributed by atoms with Gasteiger partial charge in [-0.1, -0.05) is 54.8 Å². The van der Waals surface area contributed by atoms with Crippen LogP contribution < -0.4 is 0 Å². The zero-order chi connectivity index (χ0) is 20.2. The predicted molar refractivity (Wildman–Crippen MR) is 107 cm³/mol. The number of rotatable bonds is 7. The number of benzene rings is 2. The molecule has 5 nitrogen and oxygen atoms in total. The molecule has 0 bridgehead atoms. The Morgan fingerprint density at radius 2 is 1.63 bits per heavy atom. The van der Waals surface area contributed by atoms with E-state index in [1.807, 2.05) is 32.0 Å². The van der Waals surface area contributed by atoms with E-state index >= 15 is 0 Å². The van der Waals surface area contributed by atoms with Gasteiger partial charge in [-0.2, -0.15) is 4.31 Å². The summed E-state index contributed by atoms with van der Waals surface area (Å²) < 4.78 is 32.1. The van der Waals surface area contributed by atoms with Gasteiger partial charge in [-0.25, -0.2) is 13.2 Å². The van der Waals surface area contributed by atoms with E-state index in [-0.39, 0.29) is 22.1 Å². The molecule has 146 valence electrons. The van der Waals surface area contributed by atoms with Crippen LogP contribution in [0.15, 0.2) is 41.3 Å². The van der Waals surface area contributed by atoms with Crippen LogP contribution in [0.4, 0.5) is 0 Å². The topological polar surface area (TPSA) is 63.7 Å². The molecular weight excluding hydrogens is 386 g/mol. The Kier molecular flexibility index (Phi) is 7.03. The van der Waals surface area contributed by atoms with Crippen molar-refractivity contribution in [2.75, 3.05) is 13.1 Å². The van der Waals surface area contributed by atoms with Gasteiger partial charge in [0.05, 0.1) is 10.6 Å². The van der Waals surface area contributed by atoms with Crippen molar-refractivity contribution >= 4 is 27.6 Å². The van der Waals surface area contributed by atoms with Crippen molar-refractivity contribution in [1.29, 1.82) is 0 Å². The first kappa shape index (κ1) is 21.4. The van der Waals surface area contributed by atoms with E-state index in [0.717, 1.165) is 16.7 Å². The molecule has 0 atom stereocenters. The largest absolute Gasteiger partial charge is 0.457 e. The van der Waals surface area contributed by atoms with Crippen LogP contribution in [0.5, 0.6) is 0 Å². The summed E-state index contributed by atoms with van der Waals surface area (Å²) in [5.41, 5.74) is 3.19. The van der Waals surface area contributed by atoms with Crippen molar-refractivity contribution in [3.05, 3.63) is 63.7 Å². The van der Waals surface area contributed by atoms with Gasteiger partial charge < -0.3 is 4.74 Å². The quantitative estimate of drug-likeness (QED) is 0.638. The normalized spacial score (nSPS) is 11.6. The molecule has 2 rings (SSSR count). The summed E-state index contributed by atoms with van der Waals surface area (Å²) in [4.78, 5) is 12.3. The number of halogens is 1. The molecular formula is C20H24ClNO4S. The third-order valence-electron chi connectivity index (χ3n) is 4.14. The highest BCUT2D eigenvalue weighted by Gasteiger charge is 2.25. The Labute approximate surface area is 166 Å². The number of aryl methyl sites for hydroxylation is 2. The lowest BCUT2D eigenvalue weighted by Gasteiger charge is -2.19. The van der Waals surface area contributed by atoms with Gasteiger partial charge in [-0.05, 0) is 37.6 Å². The highest BCUT2D eigenvalue weighted by molar-refractivity contribution is 7.89. The van der Waals surface area contributed by atoms with E-state index in [9.17, 15) is 13.2 Å². The first-order valence-corrected chi connectivity index (χ1v) is 10.5. The number of carbonyl (C=O) groups is 1. The molecule has 0 saturated heterocycles. The highest BCUT2D eigenvalue weighted by atomic mass is 35.5. The maximum Gasteiger partial charge on any atom is 0.338 e. The van der Waals surface area contributed by atoms with Crippen molar-refractivity contribution in [2.24, 2.45) is 0 Å². The first-order valence-electron chi connectivity index (χ1n) is 8.73. The Balaban J connectivity index is 2.25. The predicted octanol–water partition coefficient (Wildman–Crippen LogP) is 4.34. The summed E-state index contributed by atoms with van der Waals surface area (Å²) in [6, 6.07) is 10.1. The van der Waals surface area contributed by atoms with Crippen LogP contribution in [0.1, 0.15) is 40.9 Å². The second-order valence-corrected chi connectivity index (χ2v) is 8.62. The highest BCUT2D eigenvalue weighted by Crippen LogP contribution is 2.26. The summed E-state index contributed by atoms with van der Waals surface area (Å²) >= 11 is 6.09. The average molecular weight is 410 g/mol. The minimum absolute atomic E-state index is 0.0766. The Hall–Kier alpha value is -1.89. The maximum absolute atomic E-state index is 12.7. The lowest BCUT2D eigenvalue weighted by molar-refractivity contribution is 0.0472. The van der Waals surface area contributed by atoms with Crippen molar-refractivity contribution < 1.29 is 17.9 Å². The molecule has 2 aromatic rings. The van der Waals surface area contributed by atoms with E-state index in [0.29, 0.717) is 13.1 Å². The summed E-state index contributed by atoms with van der Waals surface area (Å²) in [5.74, 6) is -0.596. The van der Waals surface area contributed by atoms with Crippen LogP contribution in [-0.2, 0) is 21.4 Å². The van der Waals surface area contributed by atoms with Gasteiger partial charge in [-0.3, -0.25) is 0 Å². The summed E-state index contributed by atoms with van der Waals surface area (Å²) in [5, 5.41) is 0.0766. The molecule has 0 aliphatic carbocycles. The summed E-state index contributed by atoms with van der Waals surface area (Å²) in [6.07, 6.45) is 0. The molecule has 0 spiro atoms. The fraction of sp³-hybridized carbons (Fsp3) is 0.350. The number of esters is 1. The van der Waals surface area contributed by atoms with Crippen LogP contribution in [0.3, 0.4) is 0 Å². The van der Waals surface area contributed by atoms with Crippen LogP contribution in [0, 0.1) is 13.8 Å². The zero-order valence-electron chi connectivity index (χ0n) is 16.0. The Morgan fingerprint density at radius 3 is 2.19 bits per heavy atom. The second-order valence-electron chi connectivity index (χ2n) is 6.31. The molecule has 2 aromatic carbocycles. The van der Waals surface area contributed by atoms with E-state index in [1.165, 1.54) is 22.5 Å². The molecule has 0 heterocycles. The molecule has 7 heteroatoms. The summed E-state index contributed by atoms with van der Waals surface area (Å²) in [7, 11) is -3.77. The molecule has 0 saturated carbocycles. The van der Waals surface area contributed by atoms with Crippen molar-refractivity contribution in [3.63, 3.8) is 0 Å². The number of sulfonamides is 1. The lowest BCUT2D eigenvalue weighted by Crippen LogP contribution is -2.31. The lowest BCUT2D eigenvalue weighted by atomic mass is 10.1. The van der Waals surface area contributed by atoms with Crippen molar-refractivity contribution in [2.45, 2.75) is 39.2 Å². The molecule has 27 heavy (non-hydrogen) atoms. The average Bonchev–Trinajstić information content (AvgIpc) is 2.60. The minimum Gasteiger partial charge on any atom is -0.457 e. The van der Waals surface area contributed by atoms with Crippen LogP contribution in [0.25, 0.3) is 0 Å². The van der Waals surface area contributed by atoms with Crippen molar-refractivity contribution in [1.82, 2.24) is 4.31 Å². The van der Waals surface area contributed by atoms with Crippen LogP contribution in [0.2, 0.25) is 5.02 Å². The van der Waals surface area contributed by atoms with E-state index in [2.05, 4.69) is 0 Å². The maximum atomic E-state index is 12.7. The molecule has 0 aromatic heterocycles. The van der Waals surface area contributed by atoms with Gasteiger partial charge >= 0.3 is 5.97 Å². The van der Waals surface area contributed by atoms with E-state index in [4.69, 9.17) is 16.3 Å². The Bertz CT molecular complexity index is 917. The number of ether oxygens (including phenoxy) is 1. The molecule has 0 unspecified atom stereocenters. The van der Waals surface area contributed by atoms with E-state index in [1.54, 1.807) is 13.8 Å². The van der Waals surface area contributed by atoms with Crippen molar-refractivity contribution in [3.8, 4) is 0 Å². The first-order chi connectivity index (χ1) is 12.7. The molecule has 0 amide bonds. The molecule has 0 fully saturated rings. The standard InChI is InChI=1S/C20H24ClNO4S/c1-5-22(6-2)27(24,25)19-12-17(7-8-18(19)21)20(23)26-13-16-10-14(3)9-15(4)11-16/h7-12H,5-6,13H2,1-4H3. The smallest absolute Gasteiger partial charge is 0.338 e. The molecule has 0 aliphatic heterocycles. The third-order valence-corrected chi connectivity index (χ3v) is 6.67. The molecule has 0 aliphatic rings. The minimum atomic E-state index is -3.77. The second kappa shape index (κ2) is 8.87. The zero-order valence-corrected chi connectivity index (χ0v) is 17.5. The third kappa shape index (κ3) is 5.09. The molecule has 0 N–H and O–H groups in total. The van der Waals surface area contributed by atoms with Gasteiger partial charge in [0.1, 0.15) is 11.5 Å². The number of hydrogen-bond donors (Lipinski definition) is 0. The number of nitrogens with zero attached hydrogens (tertiary/aromatic N) is 1. The summed E-state index contributed by atoms with van der Waals surface area (Å²) in [6.45, 7) is 8.19. The number of carbonyl (C=O) groups excluding carboxylic acids is 1. The molecule has 0 radical (unpaired) electrons. The van der Waals surface area contributed by atoms with Gasteiger partial charge in [0.25, 0.3) is 0 Å². The van der Waals surface area contributed by atoms with Crippen LogP contribution in [-0.4, -0.2) is 31.8 Å². The van der Waals surface area contributed by atoms with Crippen LogP contribution >= 0.6 is 11.6 Å². The van der Waals surface area contributed by atoms with Gasteiger partial charge in [0, 0.05) is 13.1 Å². The van der Waals surface area contributed by atoms with E-state index < -0.39 is 16.0 Å². The SMILES string of the molecule is CCN(CC)S(=O)(=O)c1cc(C(=O)OCc2cc(C)cc(C)c2)ccc1Cl. The monoisotopic (exact) mass is 409 g/mol. The number of hydrogen-bond acceptors (Lipinski definition) is 4.